The molecule has 1 aliphatic rings. The van der Waals surface area contributed by atoms with Crippen LogP contribution in [0.3, 0.4) is 0 Å². The normalized spacial score (nSPS) is 24.2. The Morgan fingerprint density at radius 2 is 2.33 bits per heavy atom. The maximum absolute atomic E-state index is 4.16. The highest BCUT2D eigenvalue weighted by molar-refractivity contribution is 7.80. The van der Waals surface area contributed by atoms with Gasteiger partial charge in [0.15, 0.2) is 0 Å². The molecule has 3 heteroatoms. The lowest BCUT2D eigenvalue weighted by atomic mass is 10.1. The molecule has 1 fully saturated rings. The van der Waals surface area contributed by atoms with E-state index in [1.807, 2.05) is 0 Å². The zero-order valence-corrected chi connectivity index (χ0v) is 8.58. The second-order valence-corrected chi connectivity index (χ2v) is 3.88. The van der Waals surface area contributed by atoms with Crippen molar-refractivity contribution in [1.82, 2.24) is 10.6 Å². The van der Waals surface area contributed by atoms with E-state index in [1.165, 1.54) is 32.2 Å². The smallest absolute Gasteiger partial charge is 0.0192 e. The van der Waals surface area contributed by atoms with E-state index >= 15 is 0 Å². The van der Waals surface area contributed by atoms with E-state index in [-0.39, 0.29) is 0 Å². The van der Waals surface area contributed by atoms with Crippen molar-refractivity contribution < 1.29 is 0 Å². The Kier molecular flexibility index (Phi) is 5.82. The Morgan fingerprint density at radius 1 is 1.42 bits per heavy atom. The van der Waals surface area contributed by atoms with Crippen LogP contribution in [0.2, 0.25) is 0 Å². The van der Waals surface area contributed by atoms with Crippen LogP contribution < -0.4 is 10.6 Å². The summed E-state index contributed by atoms with van der Waals surface area (Å²) in [5, 5.41) is 6.96. The second kappa shape index (κ2) is 6.75. The minimum absolute atomic E-state index is 0.721. The van der Waals surface area contributed by atoms with Crippen molar-refractivity contribution in [2.24, 2.45) is 0 Å². The van der Waals surface area contributed by atoms with Crippen molar-refractivity contribution in [2.75, 3.05) is 25.4 Å². The molecule has 1 unspecified atom stereocenters. The molecule has 0 radical (unpaired) electrons. The van der Waals surface area contributed by atoms with Crippen LogP contribution in [0.5, 0.6) is 0 Å². The summed E-state index contributed by atoms with van der Waals surface area (Å²) in [4.78, 5) is 0. The van der Waals surface area contributed by atoms with Crippen molar-refractivity contribution in [3.05, 3.63) is 0 Å². The van der Waals surface area contributed by atoms with E-state index in [0.29, 0.717) is 0 Å². The van der Waals surface area contributed by atoms with Gasteiger partial charge in [-0.05, 0) is 38.1 Å². The maximum atomic E-state index is 4.16. The molecule has 1 aliphatic heterocycles. The summed E-state index contributed by atoms with van der Waals surface area (Å²) in [6.45, 7) is 3.45. The number of hydrogen-bond donors (Lipinski definition) is 3. The molecule has 0 aromatic rings. The van der Waals surface area contributed by atoms with Gasteiger partial charge >= 0.3 is 0 Å². The molecule has 1 rings (SSSR count). The molecule has 0 aliphatic carbocycles. The molecule has 1 atom stereocenters. The predicted molar refractivity (Wildman–Crippen MR) is 57.0 cm³/mol. The molecule has 0 aromatic heterocycles. The molecular weight excluding hydrogens is 168 g/mol. The number of thiol groups is 1. The molecular formula is C9H20N2S. The Hall–Kier alpha value is 0.270. The monoisotopic (exact) mass is 188 g/mol. The van der Waals surface area contributed by atoms with Crippen LogP contribution in [0.15, 0.2) is 0 Å². The molecule has 12 heavy (non-hydrogen) atoms. The fraction of sp³-hybridized carbons (Fsp3) is 1.00. The summed E-state index contributed by atoms with van der Waals surface area (Å²) >= 11 is 4.16. The molecule has 2 nitrogen and oxygen atoms in total. The standard InChI is InChI=1S/C9H20N2S/c12-7-3-5-10-8-9-4-1-2-6-11-9/h9-12H,1-8H2. The van der Waals surface area contributed by atoms with Gasteiger partial charge in [0, 0.05) is 12.6 Å². The van der Waals surface area contributed by atoms with E-state index in [1.54, 1.807) is 0 Å². The number of piperidine rings is 1. The summed E-state index contributed by atoms with van der Waals surface area (Å²) in [6, 6.07) is 0.721. The average molecular weight is 188 g/mol. The Bertz CT molecular complexity index is 103. The second-order valence-electron chi connectivity index (χ2n) is 3.43. The van der Waals surface area contributed by atoms with E-state index in [9.17, 15) is 0 Å². The Labute approximate surface area is 80.9 Å². The number of rotatable bonds is 5. The van der Waals surface area contributed by atoms with E-state index in [4.69, 9.17) is 0 Å². The molecule has 0 spiro atoms. The zero-order valence-electron chi connectivity index (χ0n) is 7.68. The third-order valence-electron chi connectivity index (χ3n) is 2.31. The minimum atomic E-state index is 0.721. The van der Waals surface area contributed by atoms with Gasteiger partial charge in [0.05, 0.1) is 0 Å². The molecule has 1 saturated heterocycles. The quantitative estimate of drug-likeness (QED) is 0.443. The summed E-state index contributed by atoms with van der Waals surface area (Å²) in [6.07, 6.45) is 5.27. The predicted octanol–water partition coefficient (Wildman–Crippen LogP) is 1.04. The van der Waals surface area contributed by atoms with Crippen molar-refractivity contribution in [3.63, 3.8) is 0 Å². The van der Waals surface area contributed by atoms with Gasteiger partial charge in [0.2, 0.25) is 0 Å². The average Bonchev–Trinajstić information content (AvgIpc) is 2.14. The fourth-order valence-electron chi connectivity index (χ4n) is 1.58. The van der Waals surface area contributed by atoms with Crippen molar-refractivity contribution in [1.29, 1.82) is 0 Å². The van der Waals surface area contributed by atoms with Gasteiger partial charge in [0.25, 0.3) is 0 Å². The van der Waals surface area contributed by atoms with Crippen LogP contribution in [0.25, 0.3) is 0 Å². The summed E-state index contributed by atoms with van der Waals surface area (Å²) in [5.74, 6) is 0.991. The summed E-state index contributed by atoms with van der Waals surface area (Å²) in [7, 11) is 0. The van der Waals surface area contributed by atoms with Crippen LogP contribution in [-0.4, -0.2) is 31.4 Å². The molecule has 0 saturated carbocycles. The molecule has 72 valence electrons. The van der Waals surface area contributed by atoms with Gasteiger partial charge in [-0.2, -0.15) is 12.6 Å². The largest absolute Gasteiger partial charge is 0.315 e. The van der Waals surface area contributed by atoms with Gasteiger partial charge in [-0.15, -0.1) is 0 Å². The van der Waals surface area contributed by atoms with Crippen molar-refractivity contribution in [2.45, 2.75) is 31.7 Å². The topological polar surface area (TPSA) is 24.1 Å². The fourth-order valence-corrected chi connectivity index (χ4v) is 1.74. The highest BCUT2D eigenvalue weighted by atomic mass is 32.1. The SMILES string of the molecule is SCCCNCC1CCCCN1. The van der Waals surface area contributed by atoms with Crippen LogP contribution >= 0.6 is 12.6 Å². The van der Waals surface area contributed by atoms with Crippen LogP contribution in [0.1, 0.15) is 25.7 Å². The molecule has 2 N–H and O–H groups in total. The summed E-state index contributed by atoms with van der Waals surface area (Å²) < 4.78 is 0. The molecule has 0 aromatic carbocycles. The lowest BCUT2D eigenvalue weighted by Crippen LogP contribution is -2.41. The lowest BCUT2D eigenvalue weighted by molar-refractivity contribution is 0.384. The van der Waals surface area contributed by atoms with Crippen LogP contribution in [0, 0.1) is 0 Å². The van der Waals surface area contributed by atoms with Crippen LogP contribution in [0.4, 0.5) is 0 Å². The van der Waals surface area contributed by atoms with Crippen LogP contribution in [-0.2, 0) is 0 Å². The summed E-state index contributed by atoms with van der Waals surface area (Å²) in [5.41, 5.74) is 0. The highest BCUT2D eigenvalue weighted by Crippen LogP contribution is 2.05. The van der Waals surface area contributed by atoms with E-state index in [0.717, 1.165) is 24.9 Å². The Balaban J connectivity index is 1.91. The van der Waals surface area contributed by atoms with Gasteiger partial charge in [0.1, 0.15) is 0 Å². The molecule has 0 amide bonds. The van der Waals surface area contributed by atoms with E-state index < -0.39 is 0 Å². The Morgan fingerprint density at radius 3 is 3.00 bits per heavy atom. The van der Waals surface area contributed by atoms with E-state index in [2.05, 4.69) is 23.3 Å². The van der Waals surface area contributed by atoms with Gasteiger partial charge in [-0.3, -0.25) is 0 Å². The zero-order chi connectivity index (χ0) is 8.65. The number of nitrogens with one attached hydrogen (secondary N) is 2. The van der Waals surface area contributed by atoms with Crippen molar-refractivity contribution in [3.8, 4) is 0 Å². The first-order valence-corrected chi connectivity index (χ1v) is 5.61. The van der Waals surface area contributed by atoms with Crippen molar-refractivity contribution >= 4 is 12.6 Å². The number of hydrogen-bond acceptors (Lipinski definition) is 3. The maximum Gasteiger partial charge on any atom is 0.0192 e. The van der Waals surface area contributed by atoms with Gasteiger partial charge in [-0.25, -0.2) is 0 Å². The first kappa shape index (κ1) is 10.4. The first-order chi connectivity index (χ1) is 5.93. The highest BCUT2D eigenvalue weighted by Gasteiger charge is 2.10. The third-order valence-corrected chi connectivity index (χ3v) is 2.63. The lowest BCUT2D eigenvalue weighted by Gasteiger charge is -2.23. The third kappa shape index (κ3) is 4.33. The van der Waals surface area contributed by atoms with Gasteiger partial charge < -0.3 is 10.6 Å². The molecule has 1 heterocycles. The first-order valence-electron chi connectivity index (χ1n) is 4.98. The minimum Gasteiger partial charge on any atom is -0.315 e. The van der Waals surface area contributed by atoms with Gasteiger partial charge in [-0.1, -0.05) is 6.42 Å². The molecule has 0 bridgehead atoms.